The molecular formula is C10H16ClN. The maximum Gasteiger partial charge on any atom is 0.0469 e. The molecule has 0 radical (unpaired) electrons. The lowest BCUT2D eigenvalue weighted by atomic mass is 9.53. The number of nitrogens with two attached hydrogens (primary N) is 1. The van der Waals surface area contributed by atoms with Gasteiger partial charge in [-0.15, -0.1) is 11.6 Å². The van der Waals surface area contributed by atoms with Gasteiger partial charge in [0.2, 0.25) is 0 Å². The number of alkyl halides is 1. The maximum absolute atomic E-state index is 6.54. The topological polar surface area (TPSA) is 26.0 Å². The van der Waals surface area contributed by atoms with E-state index in [0.29, 0.717) is 0 Å². The first-order chi connectivity index (χ1) is 5.57. The van der Waals surface area contributed by atoms with E-state index in [2.05, 4.69) is 0 Å². The molecule has 0 spiro atoms. The van der Waals surface area contributed by atoms with Gasteiger partial charge in [-0.3, -0.25) is 0 Å². The number of halogens is 1. The minimum Gasteiger partial charge on any atom is -0.325 e. The van der Waals surface area contributed by atoms with Crippen molar-refractivity contribution >= 4 is 11.6 Å². The van der Waals surface area contributed by atoms with Crippen molar-refractivity contribution in [3.63, 3.8) is 0 Å². The summed E-state index contributed by atoms with van der Waals surface area (Å²) in [4.78, 5) is 0.110. The predicted octanol–water partition coefficient (Wildman–Crippen LogP) is 2.28. The summed E-state index contributed by atoms with van der Waals surface area (Å²) in [6, 6.07) is 0. The minimum atomic E-state index is 0.110. The van der Waals surface area contributed by atoms with Gasteiger partial charge in [-0.2, -0.15) is 0 Å². The van der Waals surface area contributed by atoms with Gasteiger partial charge in [0.25, 0.3) is 0 Å². The largest absolute Gasteiger partial charge is 0.325 e. The lowest BCUT2D eigenvalue weighted by Crippen LogP contribution is -2.60. The minimum absolute atomic E-state index is 0.110. The molecule has 4 aliphatic rings. The highest BCUT2D eigenvalue weighted by Gasteiger charge is 2.55. The fraction of sp³-hybridized carbons (Fsp3) is 1.00. The van der Waals surface area contributed by atoms with E-state index in [1.165, 1.54) is 32.1 Å². The lowest BCUT2D eigenvalue weighted by molar-refractivity contribution is 0.0146. The van der Waals surface area contributed by atoms with Gasteiger partial charge in [0.05, 0.1) is 0 Å². The molecule has 4 bridgehead atoms. The molecule has 2 N–H and O–H groups in total. The second-order valence-corrected chi connectivity index (χ2v) is 6.28. The van der Waals surface area contributed by atoms with Crippen LogP contribution in [0.1, 0.15) is 38.5 Å². The predicted molar refractivity (Wildman–Crippen MR) is 50.2 cm³/mol. The van der Waals surface area contributed by atoms with Crippen LogP contribution in [0.5, 0.6) is 0 Å². The van der Waals surface area contributed by atoms with Crippen LogP contribution < -0.4 is 5.73 Å². The summed E-state index contributed by atoms with van der Waals surface area (Å²) < 4.78 is 0. The fourth-order valence-corrected chi connectivity index (χ4v) is 4.92. The van der Waals surface area contributed by atoms with E-state index < -0.39 is 0 Å². The number of hydrogen-bond acceptors (Lipinski definition) is 1. The van der Waals surface area contributed by atoms with E-state index in [-0.39, 0.29) is 10.4 Å². The third-order valence-electron chi connectivity index (χ3n) is 4.03. The van der Waals surface area contributed by atoms with Crippen LogP contribution in [0.3, 0.4) is 0 Å². The Balaban J connectivity index is 1.98. The van der Waals surface area contributed by atoms with Crippen molar-refractivity contribution < 1.29 is 0 Å². The first-order valence-electron chi connectivity index (χ1n) is 5.05. The Morgan fingerprint density at radius 2 is 1.67 bits per heavy atom. The first-order valence-corrected chi connectivity index (χ1v) is 5.43. The Kier molecular flexibility index (Phi) is 1.28. The average Bonchev–Trinajstić information content (AvgIpc) is 1.75. The summed E-state index contributed by atoms with van der Waals surface area (Å²) in [5, 5.41) is 0. The number of hydrogen-bond donors (Lipinski definition) is 1. The second kappa shape index (κ2) is 2.01. The Bertz CT molecular complexity index is 192. The Hall–Kier alpha value is 0.250. The molecule has 4 aliphatic carbocycles. The summed E-state index contributed by atoms with van der Waals surface area (Å²) in [7, 11) is 0. The SMILES string of the molecule is NC12C[C@H]3C[C@@H](C1)CC(Cl)(C3)C2. The molecule has 0 amide bonds. The zero-order valence-electron chi connectivity index (χ0n) is 7.35. The molecule has 2 heteroatoms. The van der Waals surface area contributed by atoms with E-state index in [1.807, 2.05) is 0 Å². The third kappa shape index (κ3) is 0.958. The highest BCUT2D eigenvalue weighted by molar-refractivity contribution is 6.24. The zero-order valence-corrected chi connectivity index (χ0v) is 8.11. The van der Waals surface area contributed by atoms with Crippen LogP contribution in [0.15, 0.2) is 0 Å². The Morgan fingerprint density at radius 1 is 1.08 bits per heavy atom. The van der Waals surface area contributed by atoms with Crippen molar-refractivity contribution in [3.05, 3.63) is 0 Å². The first kappa shape index (κ1) is 7.64. The molecule has 1 nitrogen and oxygen atoms in total. The van der Waals surface area contributed by atoms with Crippen molar-refractivity contribution in [1.82, 2.24) is 0 Å². The lowest BCUT2D eigenvalue weighted by Gasteiger charge is -2.58. The molecule has 0 aromatic carbocycles. The fourth-order valence-electron chi connectivity index (χ4n) is 4.22. The molecule has 12 heavy (non-hydrogen) atoms. The monoisotopic (exact) mass is 185 g/mol. The smallest absolute Gasteiger partial charge is 0.0469 e. The van der Waals surface area contributed by atoms with Gasteiger partial charge in [0, 0.05) is 10.4 Å². The highest BCUT2D eigenvalue weighted by atomic mass is 35.5. The molecule has 4 fully saturated rings. The van der Waals surface area contributed by atoms with Crippen LogP contribution >= 0.6 is 11.6 Å². The Morgan fingerprint density at radius 3 is 2.08 bits per heavy atom. The molecule has 0 aromatic heterocycles. The van der Waals surface area contributed by atoms with Gasteiger partial charge in [0.15, 0.2) is 0 Å². The summed E-state index contributed by atoms with van der Waals surface area (Å²) >= 11 is 6.54. The van der Waals surface area contributed by atoms with E-state index >= 15 is 0 Å². The summed E-state index contributed by atoms with van der Waals surface area (Å²) in [5.41, 5.74) is 6.45. The molecule has 0 heterocycles. The van der Waals surface area contributed by atoms with Gasteiger partial charge in [-0.25, -0.2) is 0 Å². The second-order valence-electron chi connectivity index (χ2n) is 5.47. The van der Waals surface area contributed by atoms with Crippen molar-refractivity contribution in [2.75, 3.05) is 0 Å². The van der Waals surface area contributed by atoms with Crippen LogP contribution in [-0.2, 0) is 0 Å². The van der Waals surface area contributed by atoms with Crippen LogP contribution in [0.2, 0.25) is 0 Å². The van der Waals surface area contributed by atoms with Crippen molar-refractivity contribution in [1.29, 1.82) is 0 Å². The van der Waals surface area contributed by atoms with Crippen LogP contribution in [-0.4, -0.2) is 10.4 Å². The standard InChI is InChI=1S/C10H16ClN/c11-9-2-7-1-8(3-9)5-10(12,4-7)6-9/h7-8H,1-6,12H2/t7-,8+,9?,10?. The molecule has 4 atom stereocenters. The molecule has 4 saturated carbocycles. The molecule has 2 unspecified atom stereocenters. The quantitative estimate of drug-likeness (QED) is 0.576. The molecule has 4 rings (SSSR count). The van der Waals surface area contributed by atoms with Gasteiger partial charge in [-0.05, 0) is 50.4 Å². The maximum atomic E-state index is 6.54. The van der Waals surface area contributed by atoms with Crippen LogP contribution in [0.4, 0.5) is 0 Å². The zero-order chi connectivity index (χ0) is 8.40. The Labute approximate surface area is 78.6 Å². The van der Waals surface area contributed by atoms with Gasteiger partial charge in [0.1, 0.15) is 0 Å². The molecular weight excluding hydrogens is 170 g/mol. The summed E-state index contributed by atoms with van der Waals surface area (Å²) in [6.45, 7) is 0. The van der Waals surface area contributed by atoms with Crippen LogP contribution in [0, 0.1) is 11.8 Å². The van der Waals surface area contributed by atoms with Gasteiger partial charge < -0.3 is 5.73 Å². The van der Waals surface area contributed by atoms with E-state index in [4.69, 9.17) is 17.3 Å². The normalized spacial score (nSPS) is 62.5. The van der Waals surface area contributed by atoms with Crippen molar-refractivity contribution in [2.45, 2.75) is 48.9 Å². The van der Waals surface area contributed by atoms with E-state index in [9.17, 15) is 0 Å². The van der Waals surface area contributed by atoms with Gasteiger partial charge in [-0.1, -0.05) is 0 Å². The van der Waals surface area contributed by atoms with Crippen LogP contribution in [0.25, 0.3) is 0 Å². The van der Waals surface area contributed by atoms with Crippen molar-refractivity contribution in [3.8, 4) is 0 Å². The molecule has 0 saturated heterocycles. The van der Waals surface area contributed by atoms with E-state index in [1.54, 1.807) is 0 Å². The number of rotatable bonds is 0. The average molecular weight is 186 g/mol. The molecule has 68 valence electrons. The summed E-state index contributed by atoms with van der Waals surface area (Å²) in [5.74, 6) is 1.71. The van der Waals surface area contributed by atoms with Crippen molar-refractivity contribution in [2.24, 2.45) is 17.6 Å². The highest BCUT2D eigenvalue weighted by Crippen LogP contribution is 2.58. The van der Waals surface area contributed by atoms with E-state index in [0.717, 1.165) is 18.3 Å². The summed E-state index contributed by atoms with van der Waals surface area (Å²) in [6.07, 6.45) is 7.46. The third-order valence-corrected chi connectivity index (χ3v) is 4.48. The molecule has 0 aromatic rings. The molecule has 0 aliphatic heterocycles. The van der Waals surface area contributed by atoms with Gasteiger partial charge >= 0.3 is 0 Å².